The van der Waals surface area contributed by atoms with Crippen LogP contribution in [-0.2, 0) is 4.79 Å². The van der Waals surface area contributed by atoms with Crippen molar-refractivity contribution in [3.8, 4) is 5.75 Å². The molecule has 88 valence electrons. The van der Waals surface area contributed by atoms with E-state index in [2.05, 4.69) is 5.32 Å². The number of hydrogen-bond acceptors (Lipinski definition) is 2. The lowest BCUT2D eigenvalue weighted by molar-refractivity contribution is -0.120. The summed E-state index contributed by atoms with van der Waals surface area (Å²) in [6.07, 6.45) is 1.61. The number of hydrogen-bond donors (Lipinski definition) is 2. The van der Waals surface area contributed by atoms with Crippen molar-refractivity contribution < 1.29 is 9.90 Å². The molecule has 1 aromatic carbocycles. The monoisotopic (exact) mass is 241 g/mol. The van der Waals surface area contributed by atoms with Gasteiger partial charge >= 0.3 is 0 Å². The van der Waals surface area contributed by atoms with Crippen LogP contribution in [0.5, 0.6) is 5.75 Å². The van der Waals surface area contributed by atoms with Crippen LogP contribution < -0.4 is 5.32 Å². The molecular formula is C12H16ClNO2. The minimum absolute atomic E-state index is 0.00451. The average molecular weight is 242 g/mol. The molecule has 0 heterocycles. The first-order chi connectivity index (χ1) is 7.58. The zero-order valence-corrected chi connectivity index (χ0v) is 10.2. The summed E-state index contributed by atoms with van der Waals surface area (Å²) in [5.41, 5.74) is 0.538. The van der Waals surface area contributed by atoms with Crippen molar-refractivity contribution in [3.05, 3.63) is 23.2 Å². The smallest absolute Gasteiger partial charge is 0.227 e. The summed E-state index contributed by atoms with van der Waals surface area (Å²) in [7, 11) is 0. The molecule has 0 unspecified atom stereocenters. The molecule has 0 atom stereocenters. The van der Waals surface area contributed by atoms with Gasteiger partial charge in [-0.1, -0.05) is 25.4 Å². The zero-order valence-electron chi connectivity index (χ0n) is 9.46. The first kappa shape index (κ1) is 12.8. The van der Waals surface area contributed by atoms with E-state index in [1.54, 1.807) is 6.07 Å². The number of phenolic OH excluding ortho intramolecular Hbond substituents is 1. The highest BCUT2D eigenvalue weighted by atomic mass is 35.5. The lowest BCUT2D eigenvalue weighted by Gasteiger charge is -2.13. The second-order valence-electron chi connectivity index (χ2n) is 3.67. The van der Waals surface area contributed by atoms with E-state index in [0.29, 0.717) is 10.7 Å². The largest absolute Gasteiger partial charge is 0.508 e. The van der Waals surface area contributed by atoms with Crippen molar-refractivity contribution in [2.45, 2.75) is 26.7 Å². The van der Waals surface area contributed by atoms with Gasteiger partial charge in [0, 0.05) is 12.0 Å². The summed E-state index contributed by atoms with van der Waals surface area (Å²) < 4.78 is 0. The molecule has 0 aliphatic heterocycles. The first-order valence-electron chi connectivity index (χ1n) is 5.37. The predicted octanol–water partition coefficient (Wildman–Crippen LogP) is 3.42. The third-order valence-electron chi connectivity index (χ3n) is 2.57. The summed E-state index contributed by atoms with van der Waals surface area (Å²) in [6, 6.07) is 4.50. The Morgan fingerprint density at radius 1 is 1.44 bits per heavy atom. The number of anilines is 1. The molecule has 0 aromatic heterocycles. The molecule has 0 fully saturated rings. The molecule has 0 saturated carbocycles. The number of benzene rings is 1. The highest BCUT2D eigenvalue weighted by Crippen LogP contribution is 2.26. The molecule has 1 amide bonds. The van der Waals surface area contributed by atoms with E-state index in [1.807, 2.05) is 13.8 Å². The Kier molecular flexibility index (Phi) is 4.62. The van der Waals surface area contributed by atoms with Crippen LogP contribution in [0, 0.1) is 5.92 Å². The second kappa shape index (κ2) is 5.75. The van der Waals surface area contributed by atoms with Gasteiger partial charge in [-0.2, -0.15) is 0 Å². The Labute approximate surface area is 100 Å². The molecular weight excluding hydrogens is 226 g/mol. The molecule has 1 aromatic rings. The molecule has 0 spiro atoms. The number of carbonyl (C=O) groups is 1. The lowest BCUT2D eigenvalue weighted by atomic mass is 10.0. The number of carbonyl (C=O) groups excluding carboxylic acids is 1. The van der Waals surface area contributed by atoms with E-state index in [1.165, 1.54) is 12.1 Å². The summed E-state index contributed by atoms with van der Waals surface area (Å²) in [5, 5.41) is 12.3. The Morgan fingerprint density at radius 3 is 2.56 bits per heavy atom. The third kappa shape index (κ3) is 3.14. The maximum atomic E-state index is 11.8. The summed E-state index contributed by atoms with van der Waals surface area (Å²) >= 11 is 5.89. The van der Waals surface area contributed by atoms with Gasteiger partial charge in [0.25, 0.3) is 0 Å². The van der Waals surface area contributed by atoms with Gasteiger partial charge in [0.2, 0.25) is 5.91 Å². The Morgan fingerprint density at radius 2 is 2.06 bits per heavy atom. The molecule has 16 heavy (non-hydrogen) atoms. The summed E-state index contributed by atoms with van der Waals surface area (Å²) in [5.74, 6) is 0.0630. The Bertz CT molecular complexity index is 375. The van der Waals surface area contributed by atoms with Gasteiger partial charge < -0.3 is 10.4 Å². The minimum Gasteiger partial charge on any atom is -0.508 e. The maximum Gasteiger partial charge on any atom is 0.227 e. The fraction of sp³-hybridized carbons (Fsp3) is 0.417. The molecule has 0 saturated heterocycles. The van der Waals surface area contributed by atoms with Crippen molar-refractivity contribution in [1.82, 2.24) is 0 Å². The van der Waals surface area contributed by atoms with Crippen molar-refractivity contribution in [2.24, 2.45) is 5.92 Å². The van der Waals surface area contributed by atoms with E-state index >= 15 is 0 Å². The van der Waals surface area contributed by atoms with Crippen LogP contribution in [0.3, 0.4) is 0 Å². The predicted molar refractivity (Wildman–Crippen MR) is 65.8 cm³/mol. The van der Waals surface area contributed by atoms with Crippen LogP contribution in [0.1, 0.15) is 26.7 Å². The normalized spacial score (nSPS) is 10.5. The van der Waals surface area contributed by atoms with Crippen LogP contribution in [0.25, 0.3) is 0 Å². The number of rotatable bonds is 4. The topological polar surface area (TPSA) is 49.3 Å². The molecule has 1 rings (SSSR count). The van der Waals surface area contributed by atoms with Crippen LogP contribution >= 0.6 is 11.6 Å². The van der Waals surface area contributed by atoms with E-state index in [4.69, 9.17) is 11.6 Å². The highest BCUT2D eigenvalue weighted by Gasteiger charge is 2.15. The minimum atomic E-state index is -0.0300. The zero-order chi connectivity index (χ0) is 12.1. The SMILES string of the molecule is CCC(CC)C(=O)Nc1ccc(O)cc1Cl. The lowest BCUT2D eigenvalue weighted by Crippen LogP contribution is -2.21. The van der Waals surface area contributed by atoms with Gasteiger partial charge in [-0.15, -0.1) is 0 Å². The number of halogens is 1. The molecule has 2 N–H and O–H groups in total. The molecule has 4 heteroatoms. The number of aromatic hydroxyl groups is 1. The number of nitrogens with one attached hydrogen (secondary N) is 1. The van der Waals surface area contributed by atoms with Crippen LogP contribution in [-0.4, -0.2) is 11.0 Å². The number of phenols is 1. The van der Waals surface area contributed by atoms with Gasteiger partial charge in [0.15, 0.2) is 0 Å². The summed E-state index contributed by atoms with van der Waals surface area (Å²) in [6.45, 7) is 3.96. The molecule has 0 aliphatic rings. The Hall–Kier alpha value is -1.22. The number of amides is 1. The molecule has 0 bridgehead atoms. The average Bonchev–Trinajstić information content (AvgIpc) is 2.24. The van der Waals surface area contributed by atoms with Crippen molar-refractivity contribution in [1.29, 1.82) is 0 Å². The van der Waals surface area contributed by atoms with Gasteiger partial charge in [0.1, 0.15) is 5.75 Å². The van der Waals surface area contributed by atoms with E-state index in [0.717, 1.165) is 12.8 Å². The quantitative estimate of drug-likeness (QED) is 0.794. The van der Waals surface area contributed by atoms with E-state index in [9.17, 15) is 9.90 Å². The maximum absolute atomic E-state index is 11.8. The van der Waals surface area contributed by atoms with Crippen molar-refractivity contribution in [2.75, 3.05) is 5.32 Å². The van der Waals surface area contributed by atoms with Crippen LogP contribution in [0.4, 0.5) is 5.69 Å². The van der Waals surface area contributed by atoms with Gasteiger partial charge in [0.05, 0.1) is 10.7 Å². The van der Waals surface area contributed by atoms with Gasteiger partial charge in [-0.25, -0.2) is 0 Å². The fourth-order valence-corrected chi connectivity index (χ4v) is 1.72. The van der Waals surface area contributed by atoms with E-state index in [-0.39, 0.29) is 17.6 Å². The first-order valence-corrected chi connectivity index (χ1v) is 5.75. The van der Waals surface area contributed by atoms with Crippen LogP contribution in [0.2, 0.25) is 5.02 Å². The van der Waals surface area contributed by atoms with Gasteiger partial charge in [-0.05, 0) is 25.0 Å². The fourth-order valence-electron chi connectivity index (χ4n) is 1.50. The third-order valence-corrected chi connectivity index (χ3v) is 2.88. The van der Waals surface area contributed by atoms with Crippen molar-refractivity contribution in [3.63, 3.8) is 0 Å². The van der Waals surface area contributed by atoms with Crippen LogP contribution in [0.15, 0.2) is 18.2 Å². The molecule has 3 nitrogen and oxygen atoms in total. The highest BCUT2D eigenvalue weighted by molar-refractivity contribution is 6.33. The molecule has 0 aliphatic carbocycles. The van der Waals surface area contributed by atoms with Crippen molar-refractivity contribution >= 4 is 23.2 Å². The molecule has 0 radical (unpaired) electrons. The standard InChI is InChI=1S/C12H16ClNO2/c1-3-8(4-2)12(16)14-11-6-5-9(15)7-10(11)13/h5-8,15H,3-4H2,1-2H3,(H,14,16). The summed E-state index contributed by atoms with van der Waals surface area (Å²) in [4.78, 5) is 11.8. The van der Waals surface area contributed by atoms with E-state index < -0.39 is 0 Å². The Balaban J connectivity index is 2.76. The van der Waals surface area contributed by atoms with Gasteiger partial charge in [-0.3, -0.25) is 4.79 Å². The second-order valence-corrected chi connectivity index (χ2v) is 4.07.